The summed E-state index contributed by atoms with van der Waals surface area (Å²) in [5.41, 5.74) is 0.164. The van der Waals surface area contributed by atoms with Crippen LogP contribution >= 0.6 is 0 Å². The minimum atomic E-state index is -1.06. The van der Waals surface area contributed by atoms with Gasteiger partial charge in [-0.05, 0) is 50.3 Å². The lowest BCUT2D eigenvalue weighted by atomic mass is 10.0. The van der Waals surface area contributed by atoms with Crippen LogP contribution in [0.2, 0.25) is 0 Å². The van der Waals surface area contributed by atoms with Crippen LogP contribution in [0.1, 0.15) is 38.5 Å². The van der Waals surface area contributed by atoms with Gasteiger partial charge in [0.25, 0.3) is 5.91 Å². The van der Waals surface area contributed by atoms with E-state index in [-0.39, 0.29) is 12.5 Å². The molecule has 2 saturated heterocycles. The average molecular weight is 371 g/mol. The highest BCUT2D eigenvalue weighted by Crippen LogP contribution is 2.39. The molecule has 8 heteroatoms. The number of nitrogens with zero attached hydrogens (tertiary/aromatic N) is 2. The molecule has 2 heterocycles. The van der Waals surface area contributed by atoms with Gasteiger partial charge >= 0.3 is 6.09 Å². The maximum absolute atomic E-state index is 12.5. The van der Waals surface area contributed by atoms with E-state index in [2.05, 4.69) is 5.32 Å². The SMILES string of the molecule is O=C(CN1C(=O)OC2(CCCC2)C1=O)Nc1cccc(N2CCCC2=O)c1. The summed E-state index contributed by atoms with van der Waals surface area (Å²) in [5.74, 6) is -0.845. The zero-order chi connectivity index (χ0) is 19.0. The molecule has 1 aromatic carbocycles. The van der Waals surface area contributed by atoms with Gasteiger partial charge in [0.15, 0.2) is 5.60 Å². The summed E-state index contributed by atoms with van der Waals surface area (Å²) in [4.78, 5) is 51.4. The number of carbonyl (C=O) groups is 4. The van der Waals surface area contributed by atoms with E-state index in [4.69, 9.17) is 4.74 Å². The molecular weight excluding hydrogens is 350 g/mol. The Labute approximate surface area is 156 Å². The molecule has 2 aliphatic heterocycles. The molecule has 1 spiro atoms. The molecule has 1 aliphatic carbocycles. The maximum Gasteiger partial charge on any atom is 0.418 e. The quantitative estimate of drug-likeness (QED) is 0.874. The smallest absolute Gasteiger partial charge is 0.418 e. The van der Waals surface area contributed by atoms with Crippen LogP contribution in [0.5, 0.6) is 0 Å². The van der Waals surface area contributed by atoms with Crippen molar-refractivity contribution in [2.45, 2.75) is 44.1 Å². The molecular formula is C19H21N3O5. The lowest BCUT2D eigenvalue weighted by Crippen LogP contribution is -2.42. The van der Waals surface area contributed by atoms with Gasteiger partial charge in [0.05, 0.1) is 0 Å². The van der Waals surface area contributed by atoms with Gasteiger partial charge in [-0.2, -0.15) is 0 Å². The van der Waals surface area contributed by atoms with Gasteiger partial charge in [-0.25, -0.2) is 9.69 Å². The molecule has 4 rings (SSSR count). The summed E-state index contributed by atoms with van der Waals surface area (Å²) in [6, 6.07) is 6.97. The Balaban J connectivity index is 1.42. The van der Waals surface area contributed by atoms with Crippen molar-refractivity contribution in [3.05, 3.63) is 24.3 Å². The van der Waals surface area contributed by atoms with E-state index < -0.39 is 23.5 Å². The fraction of sp³-hybridized carbons (Fsp3) is 0.474. The first kappa shape index (κ1) is 17.5. The molecule has 142 valence electrons. The largest absolute Gasteiger partial charge is 0.432 e. The molecule has 4 amide bonds. The maximum atomic E-state index is 12.5. The van der Waals surface area contributed by atoms with Crippen molar-refractivity contribution in [2.75, 3.05) is 23.3 Å². The Morgan fingerprint density at radius 1 is 1.15 bits per heavy atom. The van der Waals surface area contributed by atoms with Crippen LogP contribution in [0.15, 0.2) is 24.3 Å². The Hall–Kier alpha value is -2.90. The molecule has 27 heavy (non-hydrogen) atoms. The highest BCUT2D eigenvalue weighted by atomic mass is 16.6. The summed E-state index contributed by atoms with van der Waals surface area (Å²) in [6.07, 6.45) is 3.28. The van der Waals surface area contributed by atoms with Gasteiger partial charge in [0.1, 0.15) is 6.54 Å². The van der Waals surface area contributed by atoms with Crippen molar-refractivity contribution in [3.8, 4) is 0 Å². The molecule has 0 unspecified atom stereocenters. The molecule has 1 aromatic rings. The van der Waals surface area contributed by atoms with Gasteiger partial charge in [-0.3, -0.25) is 14.4 Å². The van der Waals surface area contributed by atoms with Gasteiger partial charge in [0, 0.05) is 24.3 Å². The lowest BCUT2D eigenvalue weighted by molar-refractivity contribution is -0.138. The number of imide groups is 1. The molecule has 0 radical (unpaired) electrons. The Bertz CT molecular complexity index is 815. The third-order valence-corrected chi connectivity index (χ3v) is 5.37. The highest BCUT2D eigenvalue weighted by Gasteiger charge is 2.55. The predicted octanol–water partition coefficient (Wildman–Crippen LogP) is 2.04. The number of carbonyl (C=O) groups excluding carboxylic acids is 4. The number of hydrogen-bond acceptors (Lipinski definition) is 5. The summed E-state index contributed by atoms with van der Waals surface area (Å²) >= 11 is 0. The zero-order valence-electron chi connectivity index (χ0n) is 14.9. The van der Waals surface area contributed by atoms with Crippen LogP contribution in [-0.2, 0) is 19.1 Å². The number of hydrogen-bond donors (Lipinski definition) is 1. The minimum absolute atomic E-state index is 0.0609. The monoisotopic (exact) mass is 371 g/mol. The standard InChI is InChI=1S/C19H21N3O5/c23-15(12-22-17(25)19(27-18(22)26)8-1-2-9-19)20-13-5-3-6-14(11-13)21-10-4-7-16(21)24/h3,5-6,11H,1-2,4,7-10,12H2,(H,20,23). The Morgan fingerprint density at radius 3 is 2.63 bits per heavy atom. The molecule has 1 N–H and O–H groups in total. The Morgan fingerprint density at radius 2 is 1.93 bits per heavy atom. The number of ether oxygens (including phenoxy) is 1. The van der Waals surface area contributed by atoms with Crippen molar-refractivity contribution < 1.29 is 23.9 Å². The third kappa shape index (κ3) is 3.15. The first-order valence-corrected chi connectivity index (χ1v) is 9.24. The number of amides is 4. The van der Waals surface area contributed by atoms with Crippen molar-refractivity contribution in [3.63, 3.8) is 0 Å². The summed E-state index contributed by atoms with van der Waals surface area (Å²) in [7, 11) is 0. The molecule has 8 nitrogen and oxygen atoms in total. The Kier molecular flexibility index (Phi) is 4.33. The van der Waals surface area contributed by atoms with Gasteiger partial charge in [-0.1, -0.05) is 6.07 Å². The van der Waals surface area contributed by atoms with E-state index >= 15 is 0 Å². The van der Waals surface area contributed by atoms with E-state index in [1.54, 1.807) is 23.1 Å². The third-order valence-electron chi connectivity index (χ3n) is 5.37. The topological polar surface area (TPSA) is 96.0 Å². The second-order valence-corrected chi connectivity index (χ2v) is 7.21. The second kappa shape index (κ2) is 6.68. The first-order chi connectivity index (χ1) is 13.0. The predicted molar refractivity (Wildman–Crippen MR) is 96.1 cm³/mol. The highest BCUT2D eigenvalue weighted by molar-refractivity contribution is 6.07. The number of benzene rings is 1. The molecule has 0 aromatic heterocycles. The molecule has 3 aliphatic rings. The second-order valence-electron chi connectivity index (χ2n) is 7.21. The van der Waals surface area contributed by atoms with Crippen molar-refractivity contribution in [2.24, 2.45) is 0 Å². The van der Waals surface area contributed by atoms with Crippen LogP contribution in [0.3, 0.4) is 0 Å². The lowest BCUT2D eigenvalue weighted by Gasteiger charge is -2.18. The number of nitrogens with one attached hydrogen (secondary N) is 1. The van der Waals surface area contributed by atoms with Crippen molar-refractivity contribution >= 4 is 35.2 Å². The van der Waals surface area contributed by atoms with Crippen molar-refractivity contribution in [1.82, 2.24) is 4.90 Å². The van der Waals surface area contributed by atoms with E-state index in [9.17, 15) is 19.2 Å². The summed E-state index contributed by atoms with van der Waals surface area (Å²) in [6.45, 7) is 0.277. The molecule has 3 fully saturated rings. The minimum Gasteiger partial charge on any atom is -0.432 e. The van der Waals surface area contributed by atoms with E-state index in [0.717, 1.165) is 29.8 Å². The van der Waals surface area contributed by atoms with Gasteiger partial charge in [-0.15, -0.1) is 0 Å². The molecule has 0 bridgehead atoms. The zero-order valence-corrected chi connectivity index (χ0v) is 14.9. The number of rotatable bonds is 4. The summed E-state index contributed by atoms with van der Waals surface area (Å²) in [5, 5.41) is 2.69. The van der Waals surface area contributed by atoms with Crippen LogP contribution in [-0.4, -0.2) is 47.4 Å². The summed E-state index contributed by atoms with van der Waals surface area (Å²) < 4.78 is 5.30. The van der Waals surface area contributed by atoms with E-state index in [1.165, 1.54) is 0 Å². The van der Waals surface area contributed by atoms with Gasteiger partial charge in [0.2, 0.25) is 11.8 Å². The first-order valence-electron chi connectivity index (χ1n) is 9.24. The van der Waals surface area contributed by atoms with Crippen LogP contribution < -0.4 is 10.2 Å². The fourth-order valence-electron chi connectivity index (χ4n) is 4.01. The van der Waals surface area contributed by atoms with Crippen LogP contribution in [0, 0.1) is 0 Å². The van der Waals surface area contributed by atoms with Crippen LogP contribution in [0.25, 0.3) is 0 Å². The fourth-order valence-corrected chi connectivity index (χ4v) is 4.01. The molecule has 0 atom stereocenters. The average Bonchev–Trinajstić information content (AvgIpc) is 3.33. The normalized spacial score (nSPS) is 21.3. The molecule has 1 saturated carbocycles. The van der Waals surface area contributed by atoms with Gasteiger partial charge < -0.3 is 15.0 Å². The van der Waals surface area contributed by atoms with E-state index in [1.807, 2.05) is 6.07 Å². The van der Waals surface area contributed by atoms with E-state index in [0.29, 0.717) is 31.5 Å². The number of anilines is 2. The van der Waals surface area contributed by atoms with Crippen LogP contribution in [0.4, 0.5) is 16.2 Å². The van der Waals surface area contributed by atoms with Crippen molar-refractivity contribution in [1.29, 1.82) is 0 Å².